The van der Waals surface area contributed by atoms with E-state index in [4.69, 9.17) is 27.2 Å². The molecule has 0 aliphatic rings. The summed E-state index contributed by atoms with van der Waals surface area (Å²) in [7, 11) is -6.40. The average Bonchev–Trinajstić information content (AvgIpc) is 2.85. The molecule has 0 bridgehead atoms. The molecule has 0 saturated heterocycles. The summed E-state index contributed by atoms with van der Waals surface area (Å²) in [5.74, 6) is -0.373. The third-order valence-electron chi connectivity index (χ3n) is 6.20. The monoisotopic (exact) mass is 746 g/mol. The Morgan fingerprint density at radius 3 is 1.38 bits per heavy atom. The molecule has 0 fully saturated rings. The van der Waals surface area contributed by atoms with Gasteiger partial charge < -0.3 is 27.2 Å². The summed E-state index contributed by atoms with van der Waals surface area (Å²) in [5.41, 5.74) is 3.12. The number of esters is 1. The second-order valence-corrected chi connectivity index (χ2v) is 34.3. The SMILES string of the molecule is C=C(C)COC(CC)[Si](C)(C)O[Si](C)(C)C.C=C(C)COCCC[Si](C)(C)O[Si](C)(C)CCCOCC(=C)C.C=CC(=O)OC(C)(C)C. The number of carbonyl (C=O) groups is 1. The molecule has 0 aromatic carbocycles. The van der Waals surface area contributed by atoms with Crippen molar-refractivity contribution in [3.8, 4) is 0 Å². The normalized spacial score (nSPS) is 12.9. The minimum atomic E-state index is -1.74. The summed E-state index contributed by atoms with van der Waals surface area (Å²) in [6, 6.07) is 2.32. The molecule has 7 nitrogen and oxygen atoms in total. The van der Waals surface area contributed by atoms with Gasteiger partial charge in [0.25, 0.3) is 0 Å². The zero-order valence-corrected chi connectivity index (χ0v) is 38.4. The third-order valence-corrected chi connectivity index (χ3v) is 20.4. The Morgan fingerprint density at radius 2 is 1.10 bits per heavy atom. The van der Waals surface area contributed by atoms with E-state index in [2.05, 4.69) is 92.2 Å². The van der Waals surface area contributed by atoms with Crippen LogP contribution in [0.5, 0.6) is 0 Å². The van der Waals surface area contributed by atoms with Crippen molar-refractivity contribution in [2.45, 2.75) is 150 Å². The van der Waals surface area contributed by atoms with Crippen molar-refractivity contribution >= 4 is 39.2 Å². The summed E-state index contributed by atoms with van der Waals surface area (Å²) in [6.45, 7) is 52.7. The van der Waals surface area contributed by atoms with Crippen LogP contribution in [0, 0.1) is 0 Å². The van der Waals surface area contributed by atoms with Gasteiger partial charge in [-0.3, -0.25) is 0 Å². The van der Waals surface area contributed by atoms with Gasteiger partial charge in [0.15, 0.2) is 25.0 Å². The smallest absolute Gasteiger partial charge is 0.330 e. The maximum absolute atomic E-state index is 10.5. The van der Waals surface area contributed by atoms with E-state index in [-0.39, 0.29) is 11.7 Å². The molecule has 0 radical (unpaired) electrons. The summed E-state index contributed by atoms with van der Waals surface area (Å²) >= 11 is 0. The summed E-state index contributed by atoms with van der Waals surface area (Å²) in [4.78, 5) is 10.5. The molecule has 0 aliphatic carbocycles. The highest BCUT2D eigenvalue weighted by Gasteiger charge is 2.37. The molecule has 0 aromatic rings. The van der Waals surface area contributed by atoms with Crippen LogP contribution in [0.2, 0.25) is 71.0 Å². The molecule has 0 aliphatic heterocycles. The van der Waals surface area contributed by atoms with Gasteiger partial charge >= 0.3 is 5.97 Å². The molecule has 0 rings (SSSR count). The lowest BCUT2D eigenvalue weighted by molar-refractivity contribution is -0.148. The highest BCUT2D eigenvalue weighted by Crippen LogP contribution is 2.24. The Morgan fingerprint density at radius 1 is 0.708 bits per heavy atom. The number of carbonyl (C=O) groups excluding carboxylic acids is 1. The van der Waals surface area contributed by atoms with Crippen LogP contribution >= 0.6 is 0 Å². The fourth-order valence-electron chi connectivity index (χ4n) is 4.79. The van der Waals surface area contributed by atoms with E-state index in [1.54, 1.807) is 0 Å². The highest BCUT2D eigenvalue weighted by molar-refractivity contribution is 6.85. The fraction of sp³-hybridized carbons (Fsp3) is 0.757. The summed E-state index contributed by atoms with van der Waals surface area (Å²) in [5, 5.41) is 0. The van der Waals surface area contributed by atoms with Crippen molar-refractivity contribution in [1.29, 1.82) is 0 Å². The Labute approximate surface area is 302 Å². The maximum atomic E-state index is 10.5. The van der Waals surface area contributed by atoms with Gasteiger partial charge in [-0.25, -0.2) is 4.79 Å². The zero-order chi connectivity index (χ0) is 38.4. The van der Waals surface area contributed by atoms with Crippen molar-refractivity contribution in [2.75, 3.05) is 33.0 Å². The molecule has 0 heterocycles. The van der Waals surface area contributed by atoms with Crippen LogP contribution in [-0.2, 0) is 32.0 Å². The molecule has 11 heteroatoms. The van der Waals surface area contributed by atoms with E-state index < -0.39 is 38.9 Å². The quantitative estimate of drug-likeness (QED) is 0.0359. The minimum Gasteiger partial charge on any atom is -0.457 e. The van der Waals surface area contributed by atoms with Gasteiger partial charge in [-0.05, 0) is 132 Å². The highest BCUT2D eigenvalue weighted by atomic mass is 28.4. The lowest BCUT2D eigenvalue weighted by atomic mass is 10.2. The van der Waals surface area contributed by atoms with Gasteiger partial charge in [-0.1, -0.05) is 50.0 Å². The van der Waals surface area contributed by atoms with Gasteiger partial charge in [0.2, 0.25) is 8.32 Å². The number of ether oxygens (including phenoxy) is 4. The summed E-state index contributed by atoms with van der Waals surface area (Å²) < 4.78 is 34.9. The van der Waals surface area contributed by atoms with Gasteiger partial charge in [-0.15, -0.1) is 0 Å². The predicted molar refractivity (Wildman–Crippen MR) is 219 cm³/mol. The molecule has 1 unspecified atom stereocenters. The van der Waals surface area contributed by atoms with Gasteiger partial charge in [0, 0.05) is 19.3 Å². The topological polar surface area (TPSA) is 72.5 Å². The lowest BCUT2D eigenvalue weighted by Crippen LogP contribution is -2.52. The Bertz CT molecular complexity index is 914. The zero-order valence-electron chi connectivity index (χ0n) is 34.4. The van der Waals surface area contributed by atoms with E-state index in [0.29, 0.717) is 19.8 Å². The molecule has 0 spiro atoms. The third kappa shape index (κ3) is 36.4. The second kappa shape index (κ2) is 25.1. The Hall–Kier alpha value is -0.902. The van der Waals surface area contributed by atoms with Crippen molar-refractivity contribution in [3.63, 3.8) is 0 Å². The lowest BCUT2D eigenvalue weighted by Gasteiger charge is -2.37. The molecular formula is C37H78O7Si4. The molecular weight excluding hydrogens is 669 g/mol. The maximum Gasteiger partial charge on any atom is 0.330 e. The van der Waals surface area contributed by atoms with Crippen molar-refractivity contribution < 1.29 is 32.0 Å². The van der Waals surface area contributed by atoms with E-state index in [0.717, 1.165) is 67.4 Å². The van der Waals surface area contributed by atoms with Gasteiger partial charge in [0.1, 0.15) is 5.60 Å². The molecule has 0 saturated carbocycles. The van der Waals surface area contributed by atoms with Crippen LogP contribution < -0.4 is 0 Å². The largest absolute Gasteiger partial charge is 0.457 e. The van der Waals surface area contributed by atoms with Gasteiger partial charge in [-0.2, -0.15) is 0 Å². The first-order valence-electron chi connectivity index (χ1n) is 17.5. The van der Waals surface area contributed by atoms with Crippen molar-refractivity contribution in [1.82, 2.24) is 0 Å². The van der Waals surface area contributed by atoms with Crippen LogP contribution in [0.15, 0.2) is 49.1 Å². The number of hydrogen-bond donors (Lipinski definition) is 0. The van der Waals surface area contributed by atoms with E-state index in [1.807, 2.05) is 41.5 Å². The Balaban J connectivity index is -0.000000699. The molecule has 0 aromatic heterocycles. The predicted octanol–water partition coefficient (Wildman–Crippen LogP) is 10.8. The summed E-state index contributed by atoms with van der Waals surface area (Å²) in [6.07, 6.45) is 4.35. The number of hydrogen-bond acceptors (Lipinski definition) is 7. The molecule has 284 valence electrons. The van der Waals surface area contributed by atoms with E-state index in [9.17, 15) is 4.79 Å². The first-order chi connectivity index (χ1) is 21.6. The van der Waals surface area contributed by atoms with Crippen LogP contribution in [-0.4, -0.2) is 83.6 Å². The van der Waals surface area contributed by atoms with Crippen LogP contribution in [0.1, 0.15) is 67.7 Å². The van der Waals surface area contributed by atoms with Crippen LogP contribution in [0.25, 0.3) is 0 Å². The first-order valence-corrected chi connectivity index (χ1v) is 30.2. The second-order valence-electron chi connectivity index (χ2n) is 16.6. The van der Waals surface area contributed by atoms with Crippen molar-refractivity contribution in [3.05, 3.63) is 49.1 Å². The fourth-order valence-corrected chi connectivity index (χ4v) is 21.9. The average molecular weight is 747 g/mol. The van der Waals surface area contributed by atoms with Crippen molar-refractivity contribution in [2.24, 2.45) is 0 Å². The van der Waals surface area contributed by atoms with E-state index >= 15 is 0 Å². The number of rotatable bonds is 22. The van der Waals surface area contributed by atoms with Crippen LogP contribution in [0.3, 0.4) is 0 Å². The first kappa shape index (κ1) is 51.5. The molecule has 0 amide bonds. The Kier molecular flexibility index (Phi) is 26.9. The minimum absolute atomic E-state index is 0.274. The van der Waals surface area contributed by atoms with E-state index in [1.165, 1.54) is 0 Å². The molecule has 48 heavy (non-hydrogen) atoms. The standard InChI is InChI=1S/C18H38O3Si2.C12H28O2Si2.C7H12O2/c1-17(2)15-19-11-9-13-22(5,6)21-23(7,8)14-10-12-20-16-18(3)4;1-9-12(13-10-11(2)3)16(7,8)14-15(4,5)6;1-5-6(8)9-7(2,3)4/h1,3,9-16H2,2,4-8H3;12H,2,9-10H2,1,3-8H3;5H,1H2,2-4H3. The molecule has 0 N–H and O–H groups in total. The molecule has 1 atom stereocenters. The van der Waals surface area contributed by atoms with Crippen LogP contribution in [0.4, 0.5) is 0 Å². The van der Waals surface area contributed by atoms with Gasteiger partial charge in [0.05, 0.1) is 25.5 Å².